The second-order valence-corrected chi connectivity index (χ2v) is 4.19. The van der Waals surface area contributed by atoms with Crippen molar-refractivity contribution >= 4 is 17.0 Å². The number of rotatable bonds is 5. The number of nitrogens with one attached hydrogen (secondary N) is 1. The Morgan fingerprint density at radius 3 is 3.11 bits per heavy atom. The van der Waals surface area contributed by atoms with Crippen LogP contribution in [0.2, 0.25) is 0 Å². The first kappa shape index (κ1) is 11.6. The minimum absolute atomic E-state index is 0.702. The van der Waals surface area contributed by atoms with Crippen molar-refractivity contribution in [3.05, 3.63) is 25.0 Å². The zero-order valence-electron chi connectivity index (χ0n) is 10.6. The lowest BCUT2D eigenvalue weighted by Crippen LogP contribution is -2.07. The lowest BCUT2D eigenvalue weighted by atomic mass is 10.4. The van der Waals surface area contributed by atoms with Gasteiger partial charge in [-0.15, -0.1) is 5.10 Å². The molecule has 0 saturated carbocycles. The highest BCUT2D eigenvalue weighted by atomic mass is 15.4. The molecule has 98 valence electrons. The Balaban J connectivity index is 1.62. The molecule has 0 amide bonds. The lowest BCUT2D eigenvalue weighted by Gasteiger charge is -2.05. The van der Waals surface area contributed by atoms with Crippen LogP contribution < -0.4 is 5.32 Å². The first-order chi connectivity index (χ1) is 9.34. The molecule has 0 aliphatic heterocycles. The van der Waals surface area contributed by atoms with Crippen LogP contribution in [0.15, 0.2) is 25.0 Å². The molecule has 1 N–H and O–H groups in total. The van der Waals surface area contributed by atoms with Crippen molar-refractivity contribution in [2.45, 2.75) is 13.0 Å². The van der Waals surface area contributed by atoms with Gasteiger partial charge in [0.2, 0.25) is 0 Å². The molecule has 0 unspecified atom stereocenters. The smallest absolute Gasteiger partial charge is 0.183 e. The van der Waals surface area contributed by atoms with Gasteiger partial charge in [-0.3, -0.25) is 0 Å². The van der Waals surface area contributed by atoms with Gasteiger partial charge in [-0.25, -0.2) is 19.6 Å². The fourth-order valence-electron chi connectivity index (χ4n) is 1.87. The van der Waals surface area contributed by atoms with Crippen LogP contribution in [0.5, 0.6) is 0 Å². The Morgan fingerprint density at radius 1 is 1.32 bits per heavy atom. The van der Waals surface area contributed by atoms with E-state index in [1.807, 2.05) is 24.1 Å². The van der Waals surface area contributed by atoms with Crippen LogP contribution in [0, 0.1) is 0 Å². The van der Waals surface area contributed by atoms with Gasteiger partial charge in [0.25, 0.3) is 0 Å². The summed E-state index contributed by atoms with van der Waals surface area (Å²) in [5.41, 5.74) is 1.43. The van der Waals surface area contributed by atoms with E-state index in [2.05, 4.69) is 30.6 Å². The highest BCUT2D eigenvalue weighted by Crippen LogP contribution is 2.14. The van der Waals surface area contributed by atoms with E-state index in [4.69, 9.17) is 0 Å². The van der Waals surface area contributed by atoms with Crippen LogP contribution in [-0.2, 0) is 13.6 Å². The maximum Gasteiger partial charge on any atom is 0.183 e. The summed E-state index contributed by atoms with van der Waals surface area (Å²) in [5, 5.41) is 11.3. The average molecular weight is 258 g/mol. The summed E-state index contributed by atoms with van der Waals surface area (Å²) < 4.78 is 3.67. The Hall–Kier alpha value is -2.51. The van der Waals surface area contributed by atoms with E-state index >= 15 is 0 Å². The second kappa shape index (κ2) is 5.01. The molecule has 0 radical (unpaired) electrons. The monoisotopic (exact) mass is 258 g/mol. The van der Waals surface area contributed by atoms with Crippen LogP contribution in [0.3, 0.4) is 0 Å². The maximum absolute atomic E-state index is 4.20. The Labute approximate surface area is 109 Å². The molecule has 0 saturated heterocycles. The van der Waals surface area contributed by atoms with E-state index in [0.717, 1.165) is 31.0 Å². The van der Waals surface area contributed by atoms with Crippen molar-refractivity contribution in [3.63, 3.8) is 0 Å². The third-order valence-electron chi connectivity index (χ3n) is 2.83. The van der Waals surface area contributed by atoms with Crippen molar-refractivity contribution in [2.24, 2.45) is 7.05 Å². The highest BCUT2D eigenvalue weighted by molar-refractivity contribution is 5.81. The van der Waals surface area contributed by atoms with Gasteiger partial charge in [0.05, 0.1) is 6.33 Å². The zero-order valence-corrected chi connectivity index (χ0v) is 10.6. The molecule has 3 aromatic rings. The molecule has 3 heterocycles. The minimum Gasteiger partial charge on any atom is -0.368 e. The van der Waals surface area contributed by atoms with Gasteiger partial charge in [-0.05, 0) is 6.42 Å². The summed E-state index contributed by atoms with van der Waals surface area (Å²) >= 11 is 0. The van der Waals surface area contributed by atoms with Crippen LogP contribution in [0.1, 0.15) is 6.42 Å². The first-order valence-corrected chi connectivity index (χ1v) is 6.04. The molecular weight excluding hydrogens is 244 g/mol. The predicted octanol–water partition coefficient (Wildman–Crippen LogP) is 0.457. The molecule has 0 atom stereocenters. The summed E-state index contributed by atoms with van der Waals surface area (Å²) in [5.74, 6) is 0.726. The number of hydrogen-bond acceptors (Lipinski definition) is 6. The third kappa shape index (κ3) is 2.37. The van der Waals surface area contributed by atoms with Crippen LogP contribution in [-0.4, -0.2) is 41.1 Å². The summed E-state index contributed by atoms with van der Waals surface area (Å²) in [6.45, 7) is 1.72. The number of fused-ring (bicyclic) bond motifs is 1. The van der Waals surface area contributed by atoms with E-state index in [1.54, 1.807) is 10.9 Å². The Morgan fingerprint density at radius 2 is 2.26 bits per heavy atom. The predicted molar refractivity (Wildman–Crippen MR) is 69.4 cm³/mol. The fraction of sp³-hybridized carbons (Fsp3) is 0.364. The number of nitrogens with zero attached hydrogens (tertiary/aromatic N) is 7. The van der Waals surface area contributed by atoms with Crippen molar-refractivity contribution < 1.29 is 0 Å². The van der Waals surface area contributed by atoms with Crippen LogP contribution in [0.4, 0.5) is 5.82 Å². The molecule has 0 aromatic carbocycles. The van der Waals surface area contributed by atoms with E-state index in [1.165, 1.54) is 6.33 Å². The molecule has 8 heteroatoms. The normalized spacial score (nSPS) is 11.0. The molecule has 19 heavy (non-hydrogen) atoms. The molecule has 8 nitrogen and oxygen atoms in total. The summed E-state index contributed by atoms with van der Waals surface area (Å²) in [6.07, 6.45) is 8.03. The van der Waals surface area contributed by atoms with E-state index in [9.17, 15) is 0 Å². The molecule has 0 spiro atoms. The van der Waals surface area contributed by atoms with Gasteiger partial charge in [0.15, 0.2) is 17.0 Å². The molecular formula is C11H14N8. The van der Waals surface area contributed by atoms with Gasteiger partial charge in [0.1, 0.15) is 6.33 Å². The van der Waals surface area contributed by atoms with Gasteiger partial charge < -0.3 is 9.88 Å². The molecule has 0 fully saturated rings. The zero-order chi connectivity index (χ0) is 13.1. The molecule has 3 aromatic heterocycles. The maximum atomic E-state index is 4.20. The first-order valence-electron chi connectivity index (χ1n) is 6.04. The summed E-state index contributed by atoms with van der Waals surface area (Å²) in [4.78, 5) is 12.3. The van der Waals surface area contributed by atoms with Crippen LogP contribution in [0.25, 0.3) is 11.2 Å². The van der Waals surface area contributed by atoms with Crippen molar-refractivity contribution in [1.29, 1.82) is 0 Å². The number of hydrogen-bond donors (Lipinski definition) is 1. The molecule has 0 bridgehead atoms. The topological polar surface area (TPSA) is 86.3 Å². The van der Waals surface area contributed by atoms with Crippen LogP contribution >= 0.6 is 0 Å². The van der Waals surface area contributed by atoms with E-state index in [0.29, 0.717) is 5.52 Å². The number of aromatic nitrogens is 7. The summed E-state index contributed by atoms with van der Waals surface area (Å²) in [6, 6.07) is 0. The number of imidazole rings is 1. The van der Waals surface area contributed by atoms with E-state index < -0.39 is 0 Å². The molecule has 3 rings (SSSR count). The average Bonchev–Trinajstić information content (AvgIpc) is 3.06. The number of anilines is 1. The standard InChI is InChI=1S/C11H14N8/c1-18-11-9(16-17-18)10(14-7-15-11)13-3-2-5-19-6-4-12-8-19/h4,6-8H,2-3,5H2,1H3,(H,13,14,15). The molecule has 0 aliphatic rings. The lowest BCUT2D eigenvalue weighted by molar-refractivity contribution is 0.660. The van der Waals surface area contributed by atoms with Crippen molar-refractivity contribution in [1.82, 2.24) is 34.5 Å². The van der Waals surface area contributed by atoms with E-state index in [-0.39, 0.29) is 0 Å². The van der Waals surface area contributed by atoms with Gasteiger partial charge in [-0.2, -0.15) is 0 Å². The number of aryl methyl sites for hydroxylation is 2. The van der Waals surface area contributed by atoms with Gasteiger partial charge in [0, 0.05) is 32.5 Å². The minimum atomic E-state index is 0.702. The van der Waals surface area contributed by atoms with Gasteiger partial charge in [-0.1, -0.05) is 5.21 Å². The Bertz CT molecular complexity index is 656. The third-order valence-corrected chi connectivity index (χ3v) is 2.83. The van der Waals surface area contributed by atoms with Gasteiger partial charge >= 0.3 is 0 Å². The quantitative estimate of drug-likeness (QED) is 0.669. The second-order valence-electron chi connectivity index (χ2n) is 4.19. The largest absolute Gasteiger partial charge is 0.368 e. The fourth-order valence-corrected chi connectivity index (χ4v) is 1.87. The SMILES string of the molecule is Cn1nnc2c(NCCCn3ccnc3)ncnc21. The Kier molecular flexibility index (Phi) is 3.05. The highest BCUT2D eigenvalue weighted by Gasteiger charge is 2.08. The molecule has 0 aliphatic carbocycles. The van der Waals surface area contributed by atoms with Crippen molar-refractivity contribution in [2.75, 3.05) is 11.9 Å². The van der Waals surface area contributed by atoms with Crippen molar-refractivity contribution in [3.8, 4) is 0 Å². The summed E-state index contributed by atoms with van der Waals surface area (Å²) in [7, 11) is 1.81.